The second-order valence-corrected chi connectivity index (χ2v) is 4.49. The molecule has 1 aromatic carbocycles. The molecule has 0 aliphatic carbocycles. The Bertz CT molecular complexity index is 519. The van der Waals surface area contributed by atoms with Gasteiger partial charge >= 0.3 is 0 Å². The molecule has 5 heteroatoms. The molecule has 2 rings (SSSR count). The van der Waals surface area contributed by atoms with Crippen molar-refractivity contribution in [2.24, 2.45) is 0 Å². The average molecular weight is 275 g/mol. The molecule has 0 saturated heterocycles. The number of methoxy groups -OCH3 is 1. The largest absolute Gasteiger partial charge is 0.382 e. The Balaban J connectivity index is 1.65. The lowest BCUT2D eigenvalue weighted by molar-refractivity contribution is 0.0694. The molecule has 0 fully saturated rings. The number of para-hydroxylation sites is 2. The summed E-state index contributed by atoms with van der Waals surface area (Å²) in [4.78, 5) is 8.95. The quantitative estimate of drug-likeness (QED) is 0.707. The van der Waals surface area contributed by atoms with Gasteiger partial charge in [0.25, 0.3) is 0 Å². The highest BCUT2D eigenvalue weighted by Crippen LogP contribution is 2.08. The van der Waals surface area contributed by atoms with E-state index < -0.39 is 0 Å². The lowest BCUT2D eigenvalue weighted by Gasteiger charge is -2.06. The second-order valence-electron chi connectivity index (χ2n) is 4.49. The van der Waals surface area contributed by atoms with Gasteiger partial charge in [0.15, 0.2) is 0 Å². The van der Waals surface area contributed by atoms with Crippen LogP contribution in [0, 0.1) is 0 Å². The number of rotatable bonds is 9. The van der Waals surface area contributed by atoms with Crippen molar-refractivity contribution in [2.75, 3.05) is 33.5 Å². The fourth-order valence-electron chi connectivity index (χ4n) is 1.84. The van der Waals surface area contributed by atoms with Crippen molar-refractivity contribution in [1.82, 2.24) is 15.3 Å². The van der Waals surface area contributed by atoms with E-state index in [1.807, 2.05) is 30.5 Å². The molecule has 5 nitrogen and oxygen atoms in total. The zero-order valence-electron chi connectivity index (χ0n) is 11.8. The fraction of sp³-hybridized carbons (Fsp3) is 0.467. The van der Waals surface area contributed by atoms with E-state index in [1.165, 1.54) is 0 Å². The van der Waals surface area contributed by atoms with Crippen LogP contribution >= 0.6 is 0 Å². The van der Waals surface area contributed by atoms with Crippen LogP contribution in [0.3, 0.4) is 0 Å². The highest BCUT2D eigenvalue weighted by atomic mass is 16.5. The van der Waals surface area contributed by atoms with Crippen molar-refractivity contribution in [2.45, 2.75) is 13.0 Å². The van der Waals surface area contributed by atoms with Gasteiger partial charge in [-0.1, -0.05) is 12.1 Å². The first kappa shape index (κ1) is 14.8. The number of aromatic nitrogens is 2. The molecule has 20 heavy (non-hydrogen) atoms. The van der Waals surface area contributed by atoms with Crippen molar-refractivity contribution in [3.05, 3.63) is 36.2 Å². The van der Waals surface area contributed by atoms with E-state index in [1.54, 1.807) is 7.11 Å². The Labute approximate surface area is 119 Å². The van der Waals surface area contributed by atoms with Crippen LogP contribution in [0.2, 0.25) is 0 Å². The predicted octanol–water partition coefficient (Wildman–Crippen LogP) is 1.77. The number of nitrogens with one attached hydrogen (secondary N) is 1. The predicted molar refractivity (Wildman–Crippen MR) is 78.6 cm³/mol. The van der Waals surface area contributed by atoms with Crippen molar-refractivity contribution in [3.8, 4) is 0 Å². The second kappa shape index (κ2) is 8.58. The Morgan fingerprint density at radius 3 is 2.80 bits per heavy atom. The number of nitrogens with zero attached hydrogens (tertiary/aromatic N) is 2. The first-order valence-corrected chi connectivity index (χ1v) is 6.88. The summed E-state index contributed by atoms with van der Waals surface area (Å²) in [6, 6.07) is 7.90. The van der Waals surface area contributed by atoms with Crippen LogP contribution in [-0.2, 0) is 16.0 Å². The molecule has 1 aromatic heterocycles. The fourth-order valence-corrected chi connectivity index (χ4v) is 1.84. The Kier molecular flexibility index (Phi) is 6.37. The summed E-state index contributed by atoms with van der Waals surface area (Å²) >= 11 is 0. The van der Waals surface area contributed by atoms with E-state index in [2.05, 4.69) is 15.3 Å². The molecule has 0 unspecified atom stereocenters. The average Bonchev–Trinajstić information content (AvgIpc) is 2.50. The van der Waals surface area contributed by atoms with Gasteiger partial charge in [-0.2, -0.15) is 0 Å². The molecule has 1 heterocycles. The third kappa shape index (κ3) is 4.85. The lowest BCUT2D eigenvalue weighted by Crippen LogP contribution is -2.17. The maximum atomic E-state index is 5.39. The molecule has 0 spiro atoms. The minimum atomic E-state index is 0.653. The molecular formula is C15H21N3O2. The highest BCUT2D eigenvalue weighted by molar-refractivity contribution is 5.73. The topological polar surface area (TPSA) is 56.3 Å². The summed E-state index contributed by atoms with van der Waals surface area (Å²) in [5.41, 5.74) is 2.83. The van der Waals surface area contributed by atoms with Gasteiger partial charge in [-0.15, -0.1) is 0 Å². The number of benzene rings is 1. The van der Waals surface area contributed by atoms with E-state index >= 15 is 0 Å². The maximum Gasteiger partial charge on any atom is 0.0890 e. The summed E-state index contributed by atoms with van der Waals surface area (Å²) in [5, 5.41) is 3.34. The van der Waals surface area contributed by atoms with Gasteiger partial charge in [0.2, 0.25) is 0 Å². The summed E-state index contributed by atoms with van der Waals surface area (Å²) < 4.78 is 10.3. The van der Waals surface area contributed by atoms with Crippen LogP contribution in [0.5, 0.6) is 0 Å². The van der Waals surface area contributed by atoms with E-state index in [9.17, 15) is 0 Å². The van der Waals surface area contributed by atoms with Gasteiger partial charge in [0, 0.05) is 20.3 Å². The first-order valence-electron chi connectivity index (χ1n) is 6.88. The summed E-state index contributed by atoms with van der Waals surface area (Å²) in [7, 11) is 1.68. The van der Waals surface area contributed by atoms with Gasteiger partial charge in [0.1, 0.15) is 0 Å². The van der Waals surface area contributed by atoms with Crippen molar-refractivity contribution in [1.29, 1.82) is 0 Å². The van der Waals surface area contributed by atoms with Crippen LogP contribution in [0.15, 0.2) is 30.5 Å². The van der Waals surface area contributed by atoms with Gasteiger partial charge in [-0.3, -0.25) is 4.98 Å². The standard InChI is InChI=1S/C15H21N3O2/c1-19-9-10-20-8-4-7-16-11-13-12-17-14-5-2-3-6-15(14)18-13/h2-3,5-6,12,16H,4,7-11H2,1H3. The van der Waals surface area contributed by atoms with Crippen molar-refractivity contribution < 1.29 is 9.47 Å². The van der Waals surface area contributed by atoms with E-state index in [0.717, 1.165) is 42.8 Å². The highest BCUT2D eigenvalue weighted by Gasteiger charge is 1.98. The first-order chi connectivity index (χ1) is 9.90. The molecule has 0 aliphatic rings. The normalized spacial score (nSPS) is 11.1. The monoisotopic (exact) mass is 275 g/mol. The minimum absolute atomic E-state index is 0.653. The molecule has 0 aliphatic heterocycles. The summed E-state index contributed by atoms with van der Waals surface area (Å²) in [5.74, 6) is 0. The SMILES string of the molecule is COCCOCCCNCc1cnc2ccccc2n1. The van der Waals surface area contributed by atoms with E-state index in [0.29, 0.717) is 13.2 Å². The zero-order valence-corrected chi connectivity index (χ0v) is 11.8. The maximum absolute atomic E-state index is 5.39. The van der Waals surface area contributed by atoms with Crippen molar-refractivity contribution >= 4 is 11.0 Å². The molecule has 108 valence electrons. The van der Waals surface area contributed by atoms with Gasteiger partial charge < -0.3 is 14.8 Å². The molecule has 0 saturated carbocycles. The van der Waals surface area contributed by atoms with Crippen LogP contribution < -0.4 is 5.32 Å². The van der Waals surface area contributed by atoms with E-state index in [-0.39, 0.29) is 0 Å². The van der Waals surface area contributed by atoms with E-state index in [4.69, 9.17) is 9.47 Å². The number of hydrogen-bond donors (Lipinski definition) is 1. The Morgan fingerprint density at radius 2 is 1.95 bits per heavy atom. The van der Waals surface area contributed by atoms with Crippen molar-refractivity contribution in [3.63, 3.8) is 0 Å². The molecule has 2 aromatic rings. The molecule has 0 amide bonds. The molecule has 0 bridgehead atoms. The number of hydrogen-bond acceptors (Lipinski definition) is 5. The smallest absolute Gasteiger partial charge is 0.0890 e. The zero-order chi connectivity index (χ0) is 14.0. The van der Waals surface area contributed by atoms with Crippen LogP contribution in [-0.4, -0.2) is 43.4 Å². The van der Waals surface area contributed by atoms with Crippen LogP contribution in [0.1, 0.15) is 12.1 Å². The molecule has 1 N–H and O–H groups in total. The van der Waals surface area contributed by atoms with Gasteiger partial charge in [-0.25, -0.2) is 4.98 Å². The summed E-state index contributed by atoms with van der Waals surface area (Å²) in [6.07, 6.45) is 2.80. The molecule has 0 radical (unpaired) electrons. The molecule has 0 atom stereocenters. The minimum Gasteiger partial charge on any atom is -0.382 e. The number of fused-ring (bicyclic) bond motifs is 1. The lowest BCUT2D eigenvalue weighted by atomic mass is 10.3. The van der Waals surface area contributed by atoms with Crippen LogP contribution in [0.25, 0.3) is 11.0 Å². The molecular weight excluding hydrogens is 254 g/mol. The van der Waals surface area contributed by atoms with Crippen LogP contribution in [0.4, 0.5) is 0 Å². The van der Waals surface area contributed by atoms with Gasteiger partial charge in [-0.05, 0) is 25.1 Å². The van der Waals surface area contributed by atoms with Gasteiger partial charge in [0.05, 0.1) is 36.1 Å². The Morgan fingerprint density at radius 1 is 1.10 bits per heavy atom. The third-order valence-corrected chi connectivity index (χ3v) is 2.88. The number of ether oxygens (including phenoxy) is 2. The third-order valence-electron chi connectivity index (χ3n) is 2.88. The summed E-state index contributed by atoms with van der Waals surface area (Å²) in [6.45, 7) is 3.70. The Hall–Kier alpha value is -1.56.